The Morgan fingerprint density at radius 3 is 1.80 bits per heavy atom. The summed E-state index contributed by atoms with van der Waals surface area (Å²) in [5.74, 6) is -4.82. The Labute approximate surface area is 175 Å². The second-order valence-electron chi connectivity index (χ2n) is 7.78. The molecule has 0 heterocycles. The first-order chi connectivity index (χ1) is 13.8. The maximum Gasteiger partial charge on any atom is 0.328 e. The topological polar surface area (TPSA) is 214 Å². The van der Waals surface area contributed by atoms with Gasteiger partial charge in [0.1, 0.15) is 18.1 Å². The predicted molar refractivity (Wildman–Crippen MR) is 107 cm³/mol. The largest absolute Gasteiger partial charge is 0.480 e. The van der Waals surface area contributed by atoms with Crippen LogP contribution in [0.3, 0.4) is 0 Å². The first-order valence-electron chi connectivity index (χ1n) is 9.58. The van der Waals surface area contributed by atoms with Gasteiger partial charge in [-0.1, -0.05) is 27.7 Å². The lowest BCUT2D eigenvalue weighted by molar-refractivity contribution is -0.143. The van der Waals surface area contributed by atoms with Crippen LogP contribution in [0, 0.1) is 11.8 Å². The van der Waals surface area contributed by atoms with Crippen molar-refractivity contribution in [1.29, 1.82) is 0 Å². The first kappa shape index (κ1) is 27.3. The Balaban J connectivity index is 5.35. The molecule has 0 aliphatic carbocycles. The molecule has 0 aromatic rings. The molecule has 0 radical (unpaired) electrons. The molecular weight excluding hydrogens is 398 g/mol. The molecule has 0 unspecified atom stereocenters. The molecule has 12 heteroatoms. The summed E-state index contributed by atoms with van der Waals surface area (Å²) in [6, 6.07) is -4.90. The number of primary amides is 1. The number of nitrogens with two attached hydrogens (primary N) is 2. The number of carboxylic acids is 1. The van der Waals surface area contributed by atoms with Crippen LogP contribution in [0.5, 0.6) is 0 Å². The average molecular weight is 431 g/mol. The average Bonchev–Trinajstić information content (AvgIpc) is 2.61. The smallest absolute Gasteiger partial charge is 0.328 e. The van der Waals surface area contributed by atoms with Gasteiger partial charge in [0, 0.05) is 0 Å². The van der Waals surface area contributed by atoms with Crippen molar-refractivity contribution >= 4 is 29.6 Å². The fourth-order valence-corrected chi connectivity index (χ4v) is 2.53. The summed E-state index contributed by atoms with van der Waals surface area (Å²) in [4.78, 5) is 59.3. The fraction of sp³-hybridized carbons (Fsp3) is 0.722. The molecule has 0 aliphatic heterocycles. The second-order valence-corrected chi connectivity index (χ2v) is 7.78. The molecule has 0 saturated heterocycles. The van der Waals surface area contributed by atoms with Crippen molar-refractivity contribution in [3.8, 4) is 0 Å². The van der Waals surface area contributed by atoms with E-state index in [1.54, 1.807) is 27.7 Å². The number of nitrogens with one attached hydrogen (secondary N) is 3. The molecule has 4 atom stereocenters. The Bertz CT molecular complexity index is 638. The minimum Gasteiger partial charge on any atom is -0.480 e. The molecular formula is C18H33N5O7. The summed E-state index contributed by atoms with van der Waals surface area (Å²) in [5.41, 5.74) is 10.6. The van der Waals surface area contributed by atoms with E-state index < -0.39 is 66.8 Å². The lowest BCUT2D eigenvalue weighted by atomic mass is 9.99. The van der Waals surface area contributed by atoms with Crippen LogP contribution < -0.4 is 27.4 Å². The lowest BCUT2D eigenvalue weighted by Gasteiger charge is -2.27. The third-order valence-corrected chi connectivity index (χ3v) is 4.14. The normalized spacial score (nSPS) is 15.1. The van der Waals surface area contributed by atoms with E-state index in [0.29, 0.717) is 0 Å². The highest BCUT2D eigenvalue weighted by molar-refractivity contribution is 5.95. The van der Waals surface area contributed by atoms with Gasteiger partial charge >= 0.3 is 5.97 Å². The van der Waals surface area contributed by atoms with Crippen LogP contribution in [0.4, 0.5) is 0 Å². The quantitative estimate of drug-likeness (QED) is 0.164. The Morgan fingerprint density at radius 1 is 0.867 bits per heavy atom. The van der Waals surface area contributed by atoms with Gasteiger partial charge in [0.15, 0.2) is 0 Å². The molecule has 0 saturated carbocycles. The molecule has 0 rings (SSSR count). The van der Waals surface area contributed by atoms with Crippen LogP contribution in [-0.4, -0.2) is 70.6 Å². The Kier molecular flexibility index (Phi) is 11.6. The molecule has 0 bridgehead atoms. The Hall–Kier alpha value is -2.73. The molecule has 0 spiro atoms. The highest BCUT2D eigenvalue weighted by Gasteiger charge is 2.32. The number of rotatable bonds is 13. The Morgan fingerprint density at radius 2 is 1.40 bits per heavy atom. The fourth-order valence-electron chi connectivity index (χ4n) is 2.53. The molecule has 0 aromatic carbocycles. The zero-order chi connectivity index (χ0) is 23.6. The maximum absolute atomic E-state index is 12.7. The van der Waals surface area contributed by atoms with E-state index in [9.17, 15) is 24.0 Å². The van der Waals surface area contributed by atoms with Gasteiger partial charge in [-0.2, -0.15) is 0 Å². The summed E-state index contributed by atoms with van der Waals surface area (Å²) in [5, 5.41) is 25.2. The van der Waals surface area contributed by atoms with Crippen LogP contribution in [0.15, 0.2) is 0 Å². The third-order valence-electron chi connectivity index (χ3n) is 4.14. The number of hydrogen-bond acceptors (Lipinski definition) is 7. The van der Waals surface area contributed by atoms with Crippen molar-refractivity contribution in [3.63, 3.8) is 0 Å². The van der Waals surface area contributed by atoms with Crippen molar-refractivity contribution in [2.75, 3.05) is 6.61 Å². The summed E-state index contributed by atoms with van der Waals surface area (Å²) >= 11 is 0. The van der Waals surface area contributed by atoms with E-state index in [4.69, 9.17) is 21.7 Å². The van der Waals surface area contributed by atoms with Gasteiger partial charge in [0.05, 0.1) is 19.1 Å². The van der Waals surface area contributed by atoms with E-state index in [2.05, 4.69) is 16.0 Å². The number of aliphatic carboxylic acids is 1. The number of hydrogen-bond donors (Lipinski definition) is 7. The summed E-state index contributed by atoms with van der Waals surface area (Å²) in [6.07, 6.45) is -0.205. The van der Waals surface area contributed by atoms with Gasteiger partial charge < -0.3 is 37.6 Å². The van der Waals surface area contributed by atoms with Crippen LogP contribution in [0.1, 0.15) is 40.5 Å². The zero-order valence-electron chi connectivity index (χ0n) is 17.7. The zero-order valence-corrected chi connectivity index (χ0v) is 17.7. The minimum atomic E-state index is -1.52. The summed E-state index contributed by atoms with van der Waals surface area (Å²) < 4.78 is 0. The van der Waals surface area contributed by atoms with Gasteiger partial charge in [0.25, 0.3) is 0 Å². The first-order valence-corrected chi connectivity index (χ1v) is 9.58. The lowest BCUT2D eigenvalue weighted by Crippen LogP contribution is -2.59. The number of aliphatic hydroxyl groups excluding tert-OH is 1. The van der Waals surface area contributed by atoms with Crippen molar-refractivity contribution < 1.29 is 34.2 Å². The van der Waals surface area contributed by atoms with E-state index in [0.717, 1.165) is 0 Å². The van der Waals surface area contributed by atoms with Crippen molar-refractivity contribution in [2.45, 2.75) is 64.7 Å². The molecule has 0 aromatic heterocycles. The van der Waals surface area contributed by atoms with E-state index >= 15 is 0 Å². The number of carbonyl (C=O) groups is 5. The molecule has 30 heavy (non-hydrogen) atoms. The number of amides is 4. The molecule has 12 nitrogen and oxygen atoms in total. The summed E-state index contributed by atoms with van der Waals surface area (Å²) in [7, 11) is 0. The molecule has 4 amide bonds. The van der Waals surface area contributed by atoms with Gasteiger partial charge in [-0.05, 0) is 18.3 Å². The van der Waals surface area contributed by atoms with E-state index in [-0.39, 0.29) is 18.3 Å². The van der Waals surface area contributed by atoms with E-state index in [1.165, 1.54) is 0 Å². The number of carboxylic acid groups (broad SMARTS) is 1. The SMILES string of the molecule is CC(C)C[C@H](NC(=O)[C@@H](NC(=O)[C@@H](N)CC(N)=O)C(C)C)C(=O)N[C@@H](CO)C(=O)O. The van der Waals surface area contributed by atoms with Crippen LogP contribution >= 0.6 is 0 Å². The van der Waals surface area contributed by atoms with Gasteiger partial charge in [0.2, 0.25) is 23.6 Å². The van der Waals surface area contributed by atoms with Crippen molar-refractivity contribution in [2.24, 2.45) is 23.3 Å². The van der Waals surface area contributed by atoms with Crippen LogP contribution in [-0.2, 0) is 24.0 Å². The van der Waals surface area contributed by atoms with E-state index in [1.807, 2.05) is 0 Å². The number of aliphatic hydroxyl groups is 1. The minimum absolute atomic E-state index is 0.0328. The van der Waals surface area contributed by atoms with Crippen molar-refractivity contribution in [3.05, 3.63) is 0 Å². The maximum atomic E-state index is 12.7. The second kappa shape index (κ2) is 12.8. The van der Waals surface area contributed by atoms with Gasteiger partial charge in [-0.3, -0.25) is 19.2 Å². The highest BCUT2D eigenvalue weighted by atomic mass is 16.4. The molecule has 9 N–H and O–H groups in total. The molecule has 0 fully saturated rings. The standard InChI is InChI=1S/C18H33N5O7/c1-8(2)5-11(16(27)22-12(7-24)18(29)30)21-17(28)14(9(3)4)23-15(26)10(19)6-13(20)25/h8-12,14,24H,5-7,19H2,1-4H3,(H2,20,25)(H,21,28)(H,22,27)(H,23,26)(H,29,30)/t10-,11-,12-,14-/m0/s1. The molecule has 0 aliphatic rings. The highest BCUT2D eigenvalue weighted by Crippen LogP contribution is 2.09. The van der Waals surface area contributed by atoms with Gasteiger partial charge in [-0.15, -0.1) is 0 Å². The third kappa shape index (κ3) is 9.65. The van der Waals surface area contributed by atoms with Crippen LogP contribution in [0.25, 0.3) is 0 Å². The number of carbonyl (C=O) groups excluding carboxylic acids is 4. The van der Waals surface area contributed by atoms with Crippen molar-refractivity contribution in [1.82, 2.24) is 16.0 Å². The monoisotopic (exact) mass is 431 g/mol. The molecule has 172 valence electrons. The predicted octanol–water partition coefficient (Wildman–Crippen LogP) is -2.58. The van der Waals surface area contributed by atoms with Gasteiger partial charge in [-0.25, -0.2) is 4.79 Å². The summed E-state index contributed by atoms with van der Waals surface area (Å²) in [6.45, 7) is 6.11. The van der Waals surface area contributed by atoms with Crippen LogP contribution in [0.2, 0.25) is 0 Å².